The minimum atomic E-state index is -0.291. The Bertz CT molecular complexity index is 833. The third kappa shape index (κ3) is 4.62. The molecule has 144 valence electrons. The second-order valence-corrected chi connectivity index (χ2v) is 6.78. The summed E-state index contributed by atoms with van der Waals surface area (Å²) >= 11 is 0. The summed E-state index contributed by atoms with van der Waals surface area (Å²) in [5.41, 5.74) is 3.53. The van der Waals surface area contributed by atoms with Crippen molar-refractivity contribution in [1.29, 1.82) is 0 Å². The Morgan fingerprint density at radius 2 is 2.15 bits per heavy atom. The fraction of sp³-hybridized carbons (Fsp3) is 0.444. The van der Waals surface area contributed by atoms with Gasteiger partial charge in [0.05, 0.1) is 24.8 Å². The number of aromatic nitrogens is 3. The van der Waals surface area contributed by atoms with Crippen LogP contribution in [0, 0.1) is 13.8 Å². The molecule has 2 heterocycles. The lowest BCUT2D eigenvalue weighted by Crippen LogP contribution is -2.38. The Hall–Kier alpha value is -2.94. The van der Waals surface area contributed by atoms with Crippen molar-refractivity contribution in [2.45, 2.75) is 38.9 Å². The lowest BCUT2D eigenvalue weighted by Gasteiger charge is -2.10. The normalized spacial score (nSPS) is 18.9. The number of amides is 3. The van der Waals surface area contributed by atoms with Crippen LogP contribution in [0.2, 0.25) is 0 Å². The van der Waals surface area contributed by atoms with Crippen LogP contribution in [0.25, 0.3) is 0 Å². The van der Waals surface area contributed by atoms with E-state index in [0.717, 1.165) is 16.8 Å². The zero-order chi connectivity index (χ0) is 19.4. The van der Waals surface area contributed by atoms with Crippen molar-refractivity contribution in [2.24, 2.45) is 0 Å². The monoisotopic (exact) mass is 371 g/mol. The quantitative estimate of drug-likeness (QED) is 0.623. The molecule has 27 heavy (non-hydrogen) atoms. The lowest BCUT2D eigenvalue weighted by atomic mass is 10.1. The molecule has 1 aromatic heterocycles. The van der Waals surface area contributed by atoms with Gasteiger partial charge in [-0.1, -0.05) is 17.3 Å². The van der Waals surface area contributed by atoms with Crippen LogP contribution >= 0.6 is 0 Å². The van der Waals surface area contributed by atoms with E-state index in [1.807, 2.05) is 32.0 Å². The minimum Gasteiger partial charge on any atom is -0.358 e. The number of hydrogen-bond donors (Lipinski definition) is 4. The van der Waals surface area contributed by atoms with Gasteiger partial charge >= 0.3 is 6.03 Å². The highest BCUT2D eigenvalue weighted by Crippen LogP contribution is 2.19. The fourth-order valence-corrected chi connectivity index (χ4v) is 3.07. The van der Waals surface area contributed by atoms with Gasteiger partial charge in [0.15, 0.2) is 0 Å². The minimum absolute atomic E-state index is 0.0254. The van der Waals surface area contributed by atoms with E-state index in [-0.39, 0.29) is 30.6 Å². The van der Waals surface area contributed by atoms with Crippen LogP contribution in [-0.4, -0.2) is 46.6 Å². The van der Waals surface area contributed by atoms with Crippen molar-refractivity contribution in [1.82, 2.24) is 30.9 Å². The van der Waals surface area contributed by atoms with E-state index in [0.29, 0.717) is 18.7 Å². The number of carbonyl (C=O) groups excluding carboxylic acids is 2. The second-order valence-electron chi connectivity index (χ2n) is 6.78. The van der Waals surface area contributed by atoms with Gasteiger partial charge in [-0.3, -0.25) is 4.79 Å². The zero-order valence-corrected chi connectivity index (χ0v) is 15.7. The third-order valence-electron chi connectivity index (χ3n) is 4.67. The first kappa shape index (κ1) is 18.8. The highest BCUT2D eigenvalue weighted by Gasteiger charge is 2.30. The Balaban J connectivity index is 1.52. The lowest BCUT2D eigenvalue weighted by molar-refractivity contribution is -0.122. The van der Waals surface area contributed by atoms with E-state index in [1.54, 1.807) is 17.9 Å². The molecule has 2 atom stereocenters. The maximum atomic E-state index is 12.1. The molecule has 1 saturated heterocycles. The number of benzene rings is 1. The Morgan fingerprint density at radius 1 is 1.33 bits per heavy atom. The molecule has 1 aromatic carbocycles. The summed E-state index contributed by atoms with van der Waals surface area (Å²) in [5, 5.41) is 19.7. The van der Waals surface area contributed by atoms with Gasteiger partial charge in [-0.15, -0.1) is 5.10 Å². The Morgan fingerprint density at radius 3 is 2.93 bits per heavy atom. The van der Waals surface area contributed by atoms with Crippen molar-refractivity contribution in [2.75, 3.05) is 18.9 Å². The van der Waals surface area contributed by atoms with Crippen LogP contribution in [0.4, 0.5) is 10.5 Å². The summed E-state index contributed by atoms with van der Waals surface area (Å²) in [5.74, 6) is -0.0254. The Labute approximate surface area is 157 Å². The molecule has 9 nitrogen and oxygen atoms in total. The van der Waals surface area contributed by atoms with Crippen molar-refractivity contribution in [3.63, 3.8) is 0 Å². The maximum Gasteiger partial charge on any atom is 0.319 e. The van der Waals surface area contributed by atoms with Gasteiger partial charge < -0.3 is 21.3 Å². The second kappa shape index (κ2) is 8.17. The van der Waals surface area contributed by atoms with Gasteiger partial charge in [-0.25, -0.2) is 9.48 Å². The smallest absolute Gasteiger partial charge is 0.319 e. The standard InChI is InChI=1S/C18H25N7O2/c1-11-4-5-12(2)15(6-11)22-18(27)21-8-13-10-25(24-23-13)14-7-16(20-9-14)17(26)19-3/h4-6,10,14,16,20H,7-9H2,1-3H3,(H,19,26)(H2,21,22,27)/t14-,16-/m0/s1. The number of hydrogen-bond acceptors (Lipinski definition) is 5. The largest absolute Gasteiger partial charge is 0.358 e. The highest BCUT2D eigenvalue weighted by atomic mass is 16.2. The first-order chi connectivity index (χ1) is 13.0. The average molecular weight is 371 g/mol. The number of nitrogens with one attached hydrogen (secondary N) is 4. The van der Waals surface area contributed by atoms with Crippen LogP contribution in [0.15, 0.2) is 24.4 Å². The predicted octanol–water partition coefficient (Wildman–Crippen LogP) is 0.866. The van der Waals surface area contributed by atoms with Gasteiger partial charge in [0.25, 0.3) is 0 Å². The highest BCUT2D eigenvalue weighted by molar-refractivity contribution is 5.90. The molecule has 0 saturated carbocycles. The van der Waals surface area contributed by atoms with Gasteiger partial charge in [-0.05, 0) is 37.5 Å². The zero-order valence-electron chi connectivity index (χ0n) is 15.7. The summed E-state index contributed by atoms with van der Waals surface area (Å²) in [4.78, 5) is 23.8. The number of nitrogens with zero attached hydrogens (tertiary/aromatic N) is 3. The number of carbonyl (C=O) groups is 2. The first-order valence-corrected chi connectivity index (χ1v) is 8.94. The molecule has 1 fully saturated rings. The van der Waals surface area contributed by atoms with Gasteiger partial charge in [0.1, 0.15) is 5.69 Å². The summed E-state index contributed by atoms with van der Waals surface area (Å²) in [6.07, 6.45) is 2.46. The SMILES string of the molecule is CNC(=O)[C@@H]1C[C@H](n2cc(CNC(=O)Nc3cc(C)ccc3C)nn2)CN1. The molecule has 3 amide bonds. The molecule has 0 spiro atoms. The van der Waals surface area contributed by atoms with Gasteiger partial charge in [0.2, 0.25) is 5.91 Å². The number of rotatable bonds is 5. The van der Waals surface area contributed by atoms with E-state index in [1.165, 1.54) is 0 Å². The number of aryl methyl sites for hydroxylation is 2. The predicted molar refractivity (Wildman–Crippen MR) is 101 cm³/mol. The number of anilines is 1. The summed E-state index contributed by atoms with van der Waals surface area (Å²) < 4.78 is 1.75. The summed E-state index contributed by atoms with van der Waals surface area (Å²) in [6, 6.07) is 5.47. The molecule has 1 aliphatic heterocycles. The summed E-state index contributed by atoms with van der Waals surface area (Å²) in [6.45, 7) is 4.85. The van der Waals surface area contributed by atoms with E-state index in [4.69, 9.17) is 0 Å². The Kier molecular flexibility index (Phi) is 5.70. The van der Waals surface area contributed by atoms with Crippen LogP contribution < -0.4 is 21.3 Å². The molecular weight excluding hydrogens is 346 g/mol. The molecule has 0 aliphatic carbocycles. The summed E-state index contributed by atoms with van der Waals surface area (Å²) in [7, 11) is 1.62. The van der Waals surface area contributed by atoms with Gasteiger partial charge in [0, 0.05) is 19.3 Å². The average Bonchev–Trinajstić information content (AvgIpc) is 3.31. The van der Waals surface area contributed by atoms with Crippen LogP contribution in [0.5, 0.6) is 0 Å². The van der Waals surface area contributed by atoms with Crippen molar-refractivity contribution >= 4 is 17.6 Å². The van der Waals surface area contributed by atoms with Crippen LogP contribution in [-0.2, 0) is 11.3 Å². The van der Waals surface area contributed by atoms with E-state index in [2.05, 4.69) is 31.6 Å². The molecule has 0 unspecified atom stereocenters. The van der Waals surface area contributed by atoms with Gasteiger partial charge in [-0.2, -0.15) is 0 Å². The number of likely N-dealkylation sites (N-methyl/N-ethyl adjacent to an activating group) is 1. The van der Waals surface area contributed by atoms with Crippen LogP contribution in [0.3, 0.4) is 0 Å². The van der Waals surface area contributed by atoms with Crippen LogP contribution in [0.1, 0.15) is 29.3 Å². The molecule has 4 N–H and O–H groups in total. The van der Waals surface area contributed by atoms with E-state index in [9.17, 15) is 9.59 Å². The molecule has 3 rings (SSSR count). The molecule has 1 aliphatic rings. The van der Waals surface area contributed by atoms with E-state index >= 15 is 0 Å². The number of urea groups is 1. The molecular formula is C18H25N7O2. The molecule has 0 radical (unpaired) electrons. The molecule has 0 bridgehead atoms. The third-order valence-corrected chi connectivity index (χ3v) is 4.67. The van der Waals surface area contributed by atoms with Crippen molar-refractivity contribution in [3.05, 3.63) is 41.2 Å². The molecule has 9 heteroatoms. The first-order valence-electron chi connectivity index (χ1n) is 8.94. The topological polar surface area (TPSA) is 113 Å². The maximum absolute atomic E-state index is 12.1. The van der Waals surface area contributed by atoms with Crippen molar-refractivity contribution in [3.8, 4) is 0 Å². The van der Waals surface area contributed by atoms with Crippen molar-refractivity contribution < 1.29 is 9.59 Å². The van der Waals surface area contributed by atoms with E-state index < -0.39 is 0 Å². The molecule has 2 aromatic rings. The fourth-order valence-electron chi connectivity index (χ4n) is 3.07.